The fraction of sp³-hybridized carbons (Fsp3) is 0.318. The summed E-state index contributed by atoms with van der Waals surface area (Å²) in [4.78, 5) is 37.5. The molecule has 0 spiro atoms. The fourth-order valence-electron chi connectivity index (χ4n) is 3.32. The van der Waals surface area contributed by atoms with Crippen molar-refractivity contribution in [2.24, 2.45) is 0 Å². The van der Waals surface area contributed by atoms with Gasteiger partial charge in [-0.05, 0) is 36.6 Å². The van der Waals surface area contributed by atoms with Crippen LogP contribution in [0.1, 0.15) is 40.9 Å². The van der Waals surface area contributed by atoms with Gasteiger partial charge in [-0.25, -0.2) is 17.9 Å². The Bertz CT molecular complexity index is 1100. The van der Waals surface area contributed by atoms with Crippen LogP contribution in [0.25, 0.3) is 0 Å². The smallest absolute Gasteiger partial charge is 0.324 e. The van der Waals surface area contributed by atoms with Crippen molar-refractivity contribution in [2.75, 3.05) is 6.54 Å². The highest BCUT2D eigenvalue weighted by molar-refractivity contribution is 7.88. The first-order valence-electron chi connectivity index (χ1n) is 10.2. The number of nitrogens with zero attached hydrogens (tertiary/aromatic N) is 1. The van der Waals surface area contributed by atoms with Crippen LogP contribution in [0.2, 0.25) is 0 Å². The van der Waals surface area contributed by atoms with Gasteiger partial charge in [0.1, 0.15) is 0 Å². The van der Waals surface area contributed by atoms with E-state index in [9.17, 15) is 22.8 Å². The molecular weight excluding hydrogens is 432 g/mol. The maximum Gasteiger partial charge on any atom is 0.324 e. The van der Waals surface area contributed by atoms with Crippen LogP contribution in [0, 0.1) is 0 Å². The van der Waals surface area contributed by atoms with Gasteiger partial charge in [-0.2, -0.15) is 0 Å². The molecule has 0 radical (unpaired) electrons. The number of urea groups is 1. The number of carbonyl (C=O) groups excluding carboxylic acids is 3. The molecule has 9 nitrogen and oxygen atoms in total. The van der Waals surface area contributed by atoms with Crippen molar-refractivity contribution in [1.82, 2.24) is 20.3 Å². The lowest BCUT2D eigenvalue weighted by molar-refractivity contribution is -0.125. The molecule has 1 aliphatic rings. The van der Waals surface area contributed by atoms with Gasteiger partial charge in [0.15, 0.2) is 0 Å². The summed E-state index contributed by atoms with van der Waals surface area (Å²) < 4.78 is 26.6. The average molecular weight is 459 g/mol. The van der Waals surface area contributed by atoms with Gasteiger partial charge in [0.25, 0.3) is 5.91 Å². The van der Waals surface area contributed by atoms with Gasteiger partial charge >= 0.3 is 6.03 Å². The number of imide groups is 1. The summed E-state index contributed by atoms with van der Waals surface area (Å²) in [6, 6.07) is 13.1. The number of hydrogen-bond donors (Lipinski definition) is 3. The summed E-state index contributed by atoms with van der Waals surface area (Å²) in [7, 11) is -3.41. The average Bonchev–Trinajstić information content (AvgIpc) is 3.04. The van der Waals surface area contributed by atoms with Crippen LogP contribution in [0.5, 0.6) is 0 Å². The van der Waals surface area contributed by atoms with Crippen molar-refractivity contribution in [2.45, 2.75) is 38.7 Å². The third kappa shape index (κ3) is 6.14. The van der Waals surface area contributed by atoms with Crippen molar-refractivity contribution < 1.29 is 22.8 Å². The van der Waals surface area contributed by atoms with Crippen molar-refractivity contribution in [3.05, 3.63) is 70.8 Å². The van der Waals surface area contributed by atoms with E-state index in [4.69, 9.17) is 0 Å². The summed E-state index contributed by atoms with van der Waals surface area (Å²) in [5, 5.41) is 5.28. The lowest BCUT2D eigenvalue weighted by atomic mass is 10.1. The number of amides is 4. The minimum absolute atomic E-state index is 0.0157. The molecule has 1 saturated heterocycles. The zero-order chi connectivity index (χ0) is 23.3. The van der Waals surface area contributed by atoms with E-state index < -0.39 is 16.1 Å². The molecule has 1 aliphatic heterocycles. The number of rotatable bonds is 9. The molecule has 3 rings (SSSR count). The molecule has 32 heavy (non-hydrogen) atoms. The second-order valence-corrected chi connectivity index (χ2v) is 9.58. The Kier molecular flexibility index (Phi) is 7.26. The van der Waals surface area contributed by atoms with Crippen LogP contribution in [0.4, 0.5) is 4.79 Å². The second-order valence-electron chi connectivity index (χ2n) is 7.83. The number of carbonyl (C=O) groups is 3. The molecule has 0 unspecified atom stereocenters. The highest BCUT2D eigenvalue weighted by atomic mass is 32.2. The lowest BCUT2D eigenvalue weighted by Crippen LogP contribution is -2.32. The third-order valence-corrected chi connectivity index (χ3v) is 6.32. The fourth-order valence-corrected chi connectivity index (χ4v) is 4.75. The van der Waals surface area contributed by atoms with Gasteiger partial charge in [-0.15, -0.1) is 0 Å². The predicted molar refractivity (Wildman–Crippen MR) is 119 cm³/mol. The molecule has 0 bridgehead atoms. The molecule has 0 atom stereocenters. The summed E-state index contributed by atoms with van der Waals surface area (Å²) >= 11 is 0. The van der Waals surface area contributed by atoms with E-state index in [2.05, 4.69) is 15.4 Å². The first kappa shape index (κ1) is 23.4. The van der Waals surface area contributed by atoms with E-state index in [-0.39, 0.29) is 43.2 Å². The second kappa shape index (κ2) is 9.92. The molecule has 2 aromatic rings. The molecular formula is C22H26N4O5S. The number of sulfonamides is 1. The zero-order valence-electron chi connectivity index (χ0n) is 17.9. The topological polar surface area (TPSA) is 125 Å². The normalized spacial score (nSPS) is 14.0. The summed E-state index contributed by atoms with van der Waals surface area (Å²) in [6.07, 6.45) is 0. The molecule has 2 aromatic carbocycles. The Balaban J connectivity index is 1.61. The molecule has 170 valence electrons. The molecule has 3 N–H and O–H groups in total. The van der Waals surface area contributed by atoms with E-state index >= 15 is 0 Å². The number of nitrogens with one attached hydrogen (secondary N) is 3. The Morgan fingerprint density at radius 3 is 2.34 bits per heavy atom. The highest BCUT2D eigenvalue weighted by Crippen LogP contribution is 2.15. The van der Waals surface area contributed by atoms with Gasteiger partial charge in [0.05, 0.1) is 18.8 Å². The van der Waals surface area contributed by atoms with E-state index in [1.807, 2.05) is 0 Å². The highest BCUT2D eigenvalue weighted by Gasteiger charge is 2.29. The Labute approximate surface area is 187 Å². The number of benzene rings is 2. The molecule has 1 fully saturated rings. The molecule has 1 heterocycles. The van der Waals surface area contributed by atoms with E-state index in [1.165, 1.54) is 0 Å². The van der Waals surface area contributed by atoms with Crippen LogP contribution in [0.15, 0.2) is 48.5 Å². The molecule has 4 amide bonds. The maximum atomic E-state index is 12.7. The van der Waals surface area contributed by atoms with Crippen LogP contribution >= 0.6 is 0 Å². The van der Waals surface area contributed by atoms with E-state index in [0.29, 0.717) is 16.7 Å². The van der Waals surface area contributed by atoms with Crippen molar-refractivity contribution in [3.63, 3.8) is 0 Å². The molecule has 10 heteroatoms. The summed E-state index contributed by atoms with van der Waals surface area (Å²) in [5.74, 6) is -0.787. The SMILES string of the molecule is CC(C)NS(=O)(=O)Cc1ccc(CNC(=O)c2ccccc2CN2C(=O)CNC2=O)cc1. The van der Waals surface area contributed by atoms with Crippen molar-refractivity contribution in [1.29, 1.82) is 0 Å². The van der Waals surface area contributed by atoms with Gasteiger partial charge in [0.2, 0.25) is 15.9 Å². The predicted octanol–water partition coefficient (Wildman–Crippen LogP) is 1.50. The molecule has 0 aromatic heterocycles. The molecule has 0 saturated carbocycles. The largest absolute Gasteiger partial charge is 0.348 e. The minimum Gasteiger partial charge on any atom is -0.348 e. The quantitative estimate of drug-likeness (QED) is 0.491. The van der Waals surface area contributed by atoms with Crippen molar-refractivity contribution >= 4 is 27.9 Å². The van der Waals surface area contributed by atoms with Gasteiger partial charge < -0.3 is 10.6 Å². The standard InChI is InChI=1S/C22H26N4O5S/c1-15(2)25-32(30,31)14-17-9-7-16(8-10-17)11-23-21(28)19-6-4-3-5-18(19)13-26-20(27)12-24-22(26)29/h3-10,15,25H,11-14H2,1-2H3,(H,23,28)(H,24,29). The number of hydrogen-bond acceptors (Lipinski definition) is 5. The summed E-state index contributed by atoms with van der Waals surface area (Å²) in [5.41, 5.74) is 2.39. The minimum atomic E-state index is -3.41. The Morgan fingerprint density at radius 2 is 1.72 bits per heavy atom. The van der Waals surface area contributed by atoms with Gasteiger partial charge in [-0.1, -0.05) is 42.5 Å². The van der Waals surface area contributed by atoms with Crippen molar-refractivity contribution in [3.8, 4) is 0 Å². The first-order chi connectivity index (χ1) is 15.1. The van der Waals surface area contributed by atoms with Crippen LogP contribution in [-0.2, 0) is 33.7 Å². The molecule has 0 aliphatic carbocycles. The monoisotopic (exact) mass is 458 g/mol. The summed E-state index contributed by atoms with van der Waals surface area (Å²) in [6.45, 7) is 3.74. The zero-order valence-corrected chi connectivity index (χ0v) is 18.7. The van der Waals surface area contributed by atoms with Gasteiger partial charge in [0, 0.05) is 18.2 Å². The van der Waals surface area contributed by atoms with E-state index in [0.717, 1.165) is 10.5 Å². The lowest BCUT2D eigenvalue weighted by Gasteiger charge is -2.15. The van der Waals surface area contributed by atoms with E-state index in [1.54, 1.807) is 62.4 Å². The van der Waals surface area contributed by atoms with Crippen LogP contribution < -0.4 is 15.4 Å². The Morgan fingerprint density at radius 1 is 1.06 bits per heavy atom. The first-order valence-corrected chi connectivity index (χ1v) is 11.8. The van der Waals surface area contributed by atoms with Gasteiger partial charge in [-0.3, -0.25) is 14.5 Å². The third-order valence-electron chi connectivity index (χ3n) is 4.78. The van der Waals surface area contributed by atoms with Crippen LogP contribution in [-0.4, -0.2) is 43.7 Å². The maximum absolute atomic E-state index is 12.7. The Hall–Kier alpha value is -3.24. The van der Waals surface area contributed by atoms with Crippen LogP contribution in [0.3, 0.4) is 0 Å².